The van der Waals surface area contributed by atoms with Gasteiger partial charge in [0.05, 0.1) is 24.2 Å². The van der Waals surface area contributed by atoms with Crippen molar-refractivity contribution < 1.29 is 14.6 Å². The van der Waals surface area contributed by atoms with E-state index in [-0.39, 0.29) is 6.61 Å². The van der Waals surface area contributed by atoms with E-state index in [1.54, 1.807) is 25.3 Å². The number of benzene rings is 2. The average molecular weight is 387 g/mol. The minimum Gasteiger partial charge on any atom is -0.496 e. The topological polar surface area (TPSA) is 64.7 Å². The molecule has 22 heavy (non-hydrogen) atoms. The third-order valence-corrected chi connectivity index (χ3v) is 4.06. The molecule has 3 N–H and O–H groups in total. The summed E-state index contributed by atoms with van der Waals surface area (Å²) >= 11 is 9.32. The van der Waals surface area contributed by atoms with Crippen LogP contribution in [0.15, 0.2) is 40.9 Å². The molecule has 0 saturated carbocycles. The molecule has 0 heterocycles. The van der Waals surface area contributed by atoms with Crippen LogP contribution in [0.5, 0.6) is 11.5 Å². The van der Waals surface area contributed by atoms with Gasteiger partial charge >= 0.3 is 0 Å². The highest BCUT2D eigenvalue weighted by molar-refractivity contribution is 9.10. The fourth-order valence-corrected chi connectivity index (χ4v) is 2.79. The third-order valence-electron chi connectivity index (χ3n) is 3.21. The summed E-state index contributed by atoms with van der Waals surface area (Å²) in [5.74, 6) is 1.39. The fraction of sp³-hybridized carbons (Fsp3) is 0.250. The van der Waals surface area contributed by atoms with E-state index in [0.29, 0.717) is 23.1 Å². The van der Waals surface area contributed by atoms with Gasteiger partial charge in [0.15, 0.2) is 0 Å². The second-order valence-corrected chi connectivity index (χ2v) is 6.01. The second kappa shape index (κ2) is 7.83. The van der Waals surface area contributed by atoms with E-state index in [0.717, 1.165) is 15.6 Å². The van der Waals surface area contributed by atoms with Crippen LogP contribution in [0.3, 0.4) is 0 Å². The first-order chi connectivity index (χ1) is 10.5. The monoisotopic (exact) mass is 385 g/mol. The van der Waals surface area contributed by atoms with Crippen molar-refractivity contribution in [3.63, 3.8) is 0 Å². The van der Waals surface area contributed by atoms with Crippen LogP contribution < -0.4 is 15.2 Å². The van der Waals surface area contributed by atoms with Crippen molar-refractivity contribution in [3.05, 3.63) is 57.0 Å². The zero-order valence-electron chi connectivity index (χ0n) is 12.1. The minimum absolute atomic E-state index is 0.116. The predicted octanol–water partition coefficient (Wildman–Crippen LogP) is 3.68. The van der Waals surface area contributed by atoms with Crippen LogP contribution in [0.4, 0.5) is 0 Å². The SMILES string of the molecule is COc1ccc([C@H](N)CO)cc1COc1ccc(Cl)cc1Br. The molecule has 4 nitrogen and oxygen atoms in total. The molecule has 0 saturated heterocycles. The number of aliphatic hydroxyl groups is 1. The van der Waals surface area contributed by atoms with Crippen molar-refractivity contribution in [2.75, 3.05) is 13.7 Å². The number of ether oxygens (including phenoxy) is 2. The van der Waals surface area contributed by atoms with Crippen molar-refractivity contribution in [3.8, 4) is 11.5 Å². The number of halogens is 2. The van der Waals surface area contributed by atoms with Gasteiger partial charge in [0.25, 0.3) is 0 Å². The number of nitrogens with two attached hydrogens (primary N) is 1. The number of aliphatic hydroxyl groups excluding tert-OH is 1. The van der Waals surface area contributed by atoms with E-state index in [9.17, 15) is 0 Å². The predicted molar refractivity (Wildman–Crippen MR) is 90.5 cm³/mol. The first-order valence-corrected chi connectivity index (χ1v) is 7.83. The minimum atomic E-state index is -0.424. The van der Waals surface area contributed by atoms with E-state index in [4.69, 9.17) is 31.9 Å². The van der Waals surface area contributed by atoms with Gasteiger partial charge in [-0.1, -0.05) is 17.7 Å². The quantitative estimate of drug-likeness (QED) is 0.795. The molecular weight excluding hydrogens is 370 g/mol. The lowest BCUT2D eigenvalue weighted by atomic mass is 10.0. The Morgan fingerprint density at radius 3 is 2.59 bits per heavy atom. The summed E-state index contributed by atoms with van der Waals surface area (Å²) in [4.78, 5) is 0. The Morgan fingerprint density at radius 1 is 1.23 bits per heavy atom. The van der Waals surface area contributed by atoms with E-state index < -0.39 is 6.04 Å². The highest BCUT2D eigenvalue weighted by Crippen LogP contribution is 2.30. The lowest BCUT2D eigenvalue weighted by molar-refractivity contribution is 0.267. The lowest BCUT2D eigenvalue weighted by Crippen LogP contribution is -2.15. The molecule has 0 radical (unpaired) electrons. The molecule has 2 rings (SSSR count). The lowest BCUT2D eigenvalue weighted by Gasteiger charge is -2.15. The molecule has 6 heteroatoms. The van der Waals surface area contributed by atoms with Gasteiger partial charge in [0.1, 0.15) is 18.1 Å². The van der Waals surface area contributed by atoms with Crippen LogP contribution in [-0.2, 0) is 6.61 Å². The first-order valence-electron chi connectivity index (χ1n) is 6.66. The number of hydrogen-bond acceptors (Lipinski definition) is 4. The van der Waals surface area contributed by atoms with Crippen molar-refractivity contribution in [1.82, 2.24) is 0 Å². The van der Waals surface area contributed by atoms with Gasteiger partial charge in [-0.2, -0.15) is 0 Å². The van der Waals surface area contributed by atoms with Gasteiger partial charge in [-0.25, -0.2) is 0 Å². The van der Waals surface area contributed by atoms with Gasteiger partial charge in [-0.3, -0.25) is 0 Å². The molecule has 0 unspecified atom stereocenters. The summed E-state index contributed by atoms with van der Waals surface area (Å²) in [5, 5.41) is 9.80. The summed E-state index contributed by atoms with van der Waals surface area (Å²) in [5.41, 5.74) is 7.53. The van der Waals surface area contributed by atoms with Gasteiger partial charge in [-0.15, -0.1) is 0 Å². The van der Waals surface area contributed by atoms with Crippen LogP contribution in [0, 0.1) is 0 Å². The molecule has 0 spiro atoms. The van der Waals surface area contributed by atoms with E-state index in [1.165, 1.54) is 0 Å². The third kappa shape index (κ3) is 4.14. The molecule has 0 amide bonds. The Labute approximate surface area is 142 Å². The molecule has 0 fully saturated rings. The zero-order chi connectivity index (χ0) is 16.1. The van der Waals surface area contributed by atoms with Crippen LogP contribution in [0.2, 0.25) is 5.02 Å². The highest BCUT2D eigenvalue weighted by atomic mass is 79.9. The molecule has 118 valence electrons. The first kappa shape index (κ1) is 17.1. The number of hydrogen-bond donors (Lipinski definition) is 2. The Morgan fingerprint density at radius 2 is 1.95 bits per heavy atom. The zero-order valence-corrected chi connectivity index (χ0v) is 14.4. The van der Waals surface area contributed by atoms with Crippen LogP contribution in [-0.4, -0.2) is 18.8 Å². The summed E-state index contributed by atoms with van der Waals surface area (Å²) in [6.07, 6.45) is 0. The number of methoxy groups -OCH3 is 1. The van der Waals surface area contributed by atoms with Crippen LogP contribution in [0.25, 0.3) is 0 Å². The smallest absolute Gasteiger partial charge is 0.134 e. The van der Waals surface area contributed by atoms with Gasteiger partial charge in [-0.05, 0) is 51.8 Å². The Hall–Kier alpha value is -1.27. The molecule has 0 aliphatic heterocycles. The summed E-state index contributed by atoms with van der Waals surface area (Å²) in [6, 6.07) is 10.4. The van der Waals surface area contributed by atoms with Crippen molar-refractivity contribution in [2.24, 2.45) is 5.73 Å². The normalized spacial score (nSPS) is 12.0. The van der Waals surface area contributed by atoms with Gasteiger partial charge < -0.3 is 20.3 Å². The molecule has 2 aromatic rings. The highest BCUT2D eigenvalue weighted by Gasteiger charge is 2.11. The van der Waals surface area contributed by atoms with E-state index in [1.807, 2.05) is 18.2 Å². The Kier molecular flexibility index (Phi) is 6.08. The summed E-state index contributed by atoms with van der Waals surface area (Å²) < 4.78 is 11.9. The van der Waals surface area contributed by atoms with Gasteiger partial charge in [0, 0.05) is 10.6 Å². The van der Waals surface area contributed by atoms with Crippen LogP contribution >= 0.6 is 27.5 Å². The largest absolute Gasteiger partial charge is 0.496 e. The average Bonchev–Trinajstić information content (AvgIpc) is 2.53. The maximum atomic E-state index is 9.17. The fourth-order valence-electron chi connectivity index (χ4n) is 2.00. The van der Waals surface area contributed by atoms with Gasteiger partial charge in [0.2, 0.25) is 0 Å². The molecule has 0 bridgehead atoms. The molecule has 2 aromatic carbocycles. The maximum Gasteiger partial charge on any atom is 0.134 e. The molecule has 1 atom stereocenters. The van der Waals surface area contributed by atoms with Crippen molar-refractivity contribution in [2.45, 2.75) is 12.6 Å². The second-order valence-electron chi connectivity index (χ2n) is 4.72. The van der Waals surface area contributed by atoms with Crippen LogP contribution in [0.1, 0.15) is 17.2 Å². The van der Waals surface area contributed by atoms with Crippen molar-refractivity contribution >= 4 is 27.5 Å². The standard InChI is InChI=1S/C16H17BrClNO3/c1-21-15-4-2-10(14(19)8-20)6-11(15)9-22-16-5-3-12(18)7-13(16)17/h2-7,14,20H,8-9,19H2,1H3/t14-/m1/s1. The number of rotatable bonds is 6. The summed E-state index contributed by atoms with van der Waals surface area (Å²) in [7, 11) is 1.60. The van der Waals surface area contributed by atoms with E-state index >= 15 is 0 Å². The molecular formula is C16H17BrClNO3. The maximum absolute atomic E-state index is 9.17. The molecule has 0 aromatic heterocycles. The van der Waals surface area contributed by atoms with Crippen molar-refractivity contribution in [1.29, 1.82) is 0 Å². The van der Waals surface area contributed by atoms with E-state index in [2.05, 4.69) is 15.9 Å². The molecule has 0 aliphatic carbocycles. The molecule has 0 aliphatic rings. The Balaban J connectivity index is 2.20. The Bertz CT molecular complexity index is 651. The summed E-state index contributed by atoms with van der Waals surface area (Å²) in [6.45, 7) is 0.199.